The Morgan fingerprint density at radius 3 is 2.94 bits per heavy atom. The lowest BCUT2D eigenvalue weighted by Gasteiger charge is -2.29. The molecule has 1 spiro atoms. The molecule has 1 saturated heterocycles. The summed E-state index contributed by atoms with van der Waals surface area (Å²) in [5.41, 5.74) is 2.18. The van der Waals surface area contributed by atoms with Crippen LogP contribution in [0, 0.1) is 5.41 Å². The minimum atomic E-state index is -2.00. The maximum atomic E-state index is 7.62. The second kappa shape index (κ2) is 4.58. The molecule has 0 bridgehead atoms. The molecule has 0 amide bonds. The maximum absolute atomic E-state index is 7.62. The lowest BCUT2D eigenvalue weighted by Crippen LogP contribution is -2.25. The van der Waals surface area contributed by atoms with Crippen LogP contribution in [0.5, 0.6) is 0 Å². The zero-order valence-corrected chi connectivity index (χ0v) is 10.3. The van der Waals surface area contributed by atoms with Crippen molar-refractivity contribution in [2.75, 3.05) is 20.1 Å². The van der Waals surface area contributed by atoms with Crippen LogP contribution in [0.1, 0.15) is 16.1 Å². The van der Waals surface area contributed by atoms with Gasteiger partial charge in [0.1, 0.15) is 0 Å². The predicted octanol–water partition coefficient (Wildman–Crippen LogP) is 3.52. The van der Waals surface area contributed by atoms with Crippen LogP contribution in [-0.2, 0) is 0 Å². The van der Waals surface area contributed by atoms with E-state index in [9.17, 15) is 0 Å². The maximum Gasteiger partial charge on any atom is 0.0394 e. The number of likely N-dealkylation sites (tertiary alicyclic amines) is 1. The standard InChI is InChI=1S/C17H19N/c1-18-12-11-17(14-18)10-6-5-9-16(17)13-15-7-3-2-4-8-15/h2-10,13H,11-12,14H2,1H3/b16-13+/i1D3. The van der Waals surface area contributed by atoms with Crippen LogP contribution >= 0.6 is 0 Å². The van der Waals surface area contributed by atoms with Crippen molar-refractivity contribution in [2.45, 2.75) is 6.42 Å². The number of hydrogen-bond acceptors (Lipinski definition) is 1. The molecule has 18 heavy (non-hydrogen) atoms. The molecule has 1 heteroatoms. The average molecular weight is 240 g/mol. The van der Waals surface area contributed by atoms with Gasteiger partial charge in [0, 0.05) is 16.1 Å². The minimum absolute atomic E-state index is 0.168. The summed E-state index contributed by atoms with van der Waals surface area (Å²) in [4.78, 5) is 1.61. The van der Waals surface area contributed by atoms with E-state index in [1.165, 1.54) is 5.57 Å². The molecule has 0 N–H and O–H groups in total. The van der Waals surface area contributed by atoms with Crippen LogP contribution < -0.4 is 0 Å². The van der Waals surface area contributed by atoms with Crippen LogP contribution in [0.2, 0.25) is 0 Å². The van der Waals surface area contributed by atoms with Crippen LogP contribution in [0.15, 0.2) is 60.2 Å². The van der Waals surface area contributed by atoms with E-state index < -0.39 is 6.98 Å². The summed E-state index contributed by atoms with van der Waals surface area (Å²) in [6.45, 7) is -0.833. The molecule has 1 fully saturated rings. The van der Waals surface area contributed by atoms with Gasteiger partial charge in [0.05, 0.1) is 0 Å². The van der Waals surface area contributed by atoms with Gasteiger partial charge >= 0.3 is 0 Å². The molecule has 1 aliphatic carbocycles. The lowest BCUT2D eigenvalue weighted by atomic mass is 9.76. The van der Waals surface area contributed by atoms with Crippen molar-refractivity contribution >= 4 is 6.08 Å². The smallest absolute Gasteiger partial charge is 0.0394 e. The van der Waals surface area contributed by atoms with E-state index in [0.29, 0.717) is 13.1 Å². The highest BCUT2D eigenvalue weighted by atomic mass is 15.1. The molecule has 3 rings (SSSR count). The number of hydrogen-bond donors (Lipinski definition) is 0. The van der Waals surface area contributed by atoms with Crippen molar-refractivity contribution < 1.29 is 4.11 Å². The first kappa shape index (κ1) is 8.49. The van der Waals surface area contributed by atoms with Gasteiger partial charge < -0.3 is 4.90 Å². The Morgan fingerprint density at radius 2 is 2.17 bits per heavy atom. The van der Waals surface area contributed by atoms with E-state index in [1.807, 2.05) is 30.4 Å². The van der Waals surface area contributed by atoms with Gasteiger partial charge in [-0.05, 0) is 31.1 Å². The molecular weight excluding hydrogens is 218 g/mol. The van der Waals surface area contributed by atoms with E-state index in [-0.39, 0.29) is 5.41 Å². The number of nitrogens with zero attached hydrogens (tertiary/aromatic N) is 1. The molecule has 1 aromatic rings. The van der Waals surface area contributed by atoms with Crippen LogP contribution in [-0.4, -0.2) is 25.0 Å². The van der Waals surface area contributed by atoms with Crippen LogP contribution in [0.25, 0.3) is 6.08 Å². The van der Waals surface area contributed by atoms with Gasteiger partial charge in [-0.25, -0.2) is 0 Å². The van der Waals surface area contributed by atoms with Crippen molar-refractivity contribution in [1.82, 2.24) is 4.90 Å². The fourth-order valence-corrected chi connectivity index (χ4v) is 2.79. The summed E-state index contributed by atoms with van der Waals surface area (Å²) in [5, 5.41) is 0. The highest BCUT2D eigenvalue weighted by Gasteiger charge is 2.37. The van der Waals surface area contributed by atoms with Gasteiger partial charge in [-0.15, -0.1) is 0 Å². The molecule has 1 atom stereocenters. The Hall–Kier alpha value is -1.60. The second-order valence-electron chi connectivity index (χ2n) is 5.06. The van der Waals surface area contributed by atoms with Crippen molar-refractivity contribution in [3.63, 3.8) is 0 Å². The van der Waals surface area contributed by atoms with Gasteiger partial charge in [0.15, 0.2) is 0 Å². The zero-order chi connectivity index (χ0) is 14.9. The van der Waals surface area contributed by atoms with Crippen LogP contribution in [0.4, 0.5) is 0 Å². The number of rotatable bonds is 1. The fraction of sp³-hybridized carbons (Fsp3) is 0.294. The van der Waals surface area contributed by atoms with E-state index in [2.05, 4.69) is 30.4 Å². The summed E-state index contributed by atoms with van der Waals surface area (Å²) in [6.07, 6.45) is 11.3. The molecule has 92 valence electrons. The van der Waals surface area contributed by atoms with Gasteiger partial charge in [0.2, 0.25) is 0 Å². The molecule has 0 radical (unpaired) electrons. The second-order valence-corrected chi connectivity index (χ2v) is 5.06. The van der Waals surface area contributed by atoms with E-state index in [1.54, 1.807) is 4.90 Å². The van der Waals surface area contributed by atoms with E-state index in [4.69, 9.17) is 4.11 Å². The molecule has 0 aromatic heterocycles. The first-order chi connectivity index (χ1) is 10.00. The monoisotopic (exact) mass is 240 g/mol. The molecule has 0 saturated carbocycles. The van der Waals surface area contributed by atoms with Crippen molar-refractivity contribution in [2.24, 2.45) is 5.41 Å². The Labute approximate surface area is 113 Å². The molecule has 1 heterocycles. The number of allylic oxidation sites excluding steroid dienone is 3. The number of benzene rings is 1. The van der Waals surface area contributed by atoms with Crippen LogP contribution in [0.3, 0.4) is 0 Å². The molecule has 1 unspecified atom stereocenters. The van der Waals surface area contributed by atoms with Crippen molar-refractivity contribution in [3.8, 4) is 0 Å². The highest BCUT2D eigenvalue weighted by molar-refractivity contribution is 5.60. The summed E-state index contributed by atoms with van der Waals surface area (Å²) in [6, 6.07) is 10.2. The van der Waals surface area contributed by atoms with Gasteiger partial charge in [0.25, 0.3) is 0 Å². The Kier molecular flexibility index (Phi) is 2.16. The third-order valence-corrected chi connectivity index (χ3v) is 3.80. The Bertz CT molecular complexity index is 598. The van der Waals surface area contributed by atoms with Gasteiger partial charge in [-0.2, -0.15) is 0 Å². The first-order valence-corrected chi connectivity index (χ1v) is 6.38. The van der Waals surface area contributed by atoms with Crippen molar-refractivity contribution in [1.29, 1.82) is 0 Å². The molecule has 1 nitrogen and oxygen atoms in total. The fourth-order valence-electron chi connectivity index (χ4n) is 2.79. The summed E-state index contributed by atoms with van der Waals surface area (Å²) >= 11 is 0. The topological polar surface area (TPSA) is 3.24 Å². The molecular formula is C17H19N. The molecule has 1 aliphatic heterocycles. The average Bonchev–Trinajstić information content (AvgIpc) is 2.88. The predicted molar refractivity (Wildman–Crippen MR) is 77.2 cm³/mol. The third kappa shape index (κ3) is 2.06. The summed E-state index contributed by atoms with van der Waals surface area (Å²) in [7, 11) is 0. The largest absolute Gasteiger partial charge is 0.305 e. The summed E-state index contributed by atoms with van der Waals surface area (Å²) < 4.78 is 22.8. The van der Waals surface area contributed by atoms with E-state index in [0.717, 1.165) is 12.0 Å². The van der Waals surface area contributed by atoms with Crippen molar-refractivity contribution in [3.05, 3.63) is 65.8 Å². The Morgan fingerprint density at radius 1 is 1.28 bits per heavy atom. The first-order valence-electron chi connectivity index (χ1n) is 7.88. The quantitative estimate of drug-likeness (QED) is 0.726. The normalized spacial score (nSPS) is 32.7. The summed E-state index contributed by atoms with van der Waals surface area (Å²) in [5.74, 6) is 0. The molecule has 2 aliphatic rings. The zero-order valence-electron chi connectivity index (χ0n) is 13.3. The van der Waals surface area contributed by atoms with Gasteiger partial charge in [-0.3, -0.25) is 0 Å². The minimum Gasteiger partial charge on any atom is -0.305 e. The third-order valence-electron chi connectivity index (χ3n) is 3.80. The SMILES string of the molecule is [2H]C([2H])([2H])N1CCC2(C=CC=C/C2=C\c2ccccc2)C1. The molecule has 1 aromatic carbocycles. The lowest BCUT2D eigenvalue weighted by molar-refractivity contribution is 0.380. The highest BCUT2D eigenvalue weighted by Crippen LogP contribution is 2.42. The Balaban J connectivity index is 1.92. The van der Waals surface area contributed by atoms with Gasteiger partial charge in [-0.1, -0.05) is 60.7 Å². The van der Waals surface area contributed by atoms with E-state index >= 15 is 0 Å².